The second kappa shape index (κ2) is 10.3. The summed E-state index contributed by atoms with van der Waals surface area (Å²) in [6.45, 7) is 4.49. The molecule has 0 unspecified atom stereocenters. The molecular weight excluding hydrogens is 437 g/mol. The summed E-state index contributed by atoms with van der Waals surface area (Å²) in [5.41, 5.74) is 3.56. The van der Waals surface area contributed by atoms with Crippen LogP contribution in [0, 0.1) is 6.92 Å². The number of aliphatic imine (C=N–C) groups is 1. The summed E-state index contributed by atoms with van der Waals surface area (Å²) in [7, 11) is 0. The molecule has 0 aromatic heterocycles. The second-order valence-corrected chi connectivity index (χ2v) is 7.59. The first-order chi connectivity index (χ1) is 14.9. The first kappa shape index (κ1) is 22.7. The summed E-state index contributed by atoms with van der Waals surface area (Å²) in [6.07, 6.45) is 1.70. The van der Waals surface area contributed by atoms with Crippen molar-refractivity contribution in [1.29, 1.82) is 0 Å². The lowest BCUT2D eigenvalue weighted by atomic mass is 10.1. The average Bonchev–Trinajstić information content (AvgIpc) is 2.74. The van der Waals surface area contributed by atoms with E-state index in [1.807, 2.05) is 32.0 Å². The monoisotopic (exact) mass is 457 g/mol. The van der Waals surface area contributed by atoms with Crippen LogP contribution < -0.4 is 9.47 Å². The van der Waals surface area contributed by atoms with Gasteiger partial charge in [0.2, 0.25) is 0 Å². The lowest BCUT2D eigenvalue weighted by Gasteiger charge is -2.14. The molecule has 0 bridgehead atoms. The molecule has 31 heavy (non-hydrogen) atoms. The minimum absolute atomic E-state index is 0.217. The topological polar surface area (TPSA) is 68.1 Å². The minimum Gasteiger partial charge on any atom is -0.490 e. The number of ether oxygens (including phenoxy) is 2. The summed E-state index contributed by atoms with van der Waals surface area (Å²) in [5, 5.41) is 10.0. The number of hydrogen-bond acceptors (Lipinski definition) is 4. The van der Waals surface area contributed by atoms with E-state index in [9.17, 15) is 4.79 Å². The summed E-state index contributed by atoms with van der Waals surface area (Å²) < 4.78 is 11.6. The van der Waals surface area contributed by atoms with Crippen LogP contribution in [-0.4, -0.2) is 23.9 Å². The zero-order valence-corrected chi connectivity index (χ0v) is 18.6. The van der Waals surface area contributed by atoms with Gasteiger partial charge < -0.3 is 14.6 Å². The van der Waals surface area contributed by atoms with Crippen molar-refractivity contribution < 1.29 is 19.4 Å². The smallest absolute Gasteiger partial charge is 0.335 e. The number of benzene rings is 3. The van der Waals surface area contributed by atoms with Crippen molar-refractivity contribution in [3.63, 3.8) is 0 Å². The fraction of sp³-hybridized carbons (Fsp3) is 0.167. The van der Waals surface area contributed by atoms with Gasteiger partial charge in [-0.05, 0) is 66.9 Å². The van der Waals surface area contributed by atoms with E-state index in [2.05, 4.69) is 4.99 Å². The Hall–Kier alpha value is -3.02. The molecule has 0 atom stereocenters. The van der Waals surface area contributed by atoms with Gasteiger partial charge in [0.05, 0.1) is 22.9 Å². The molecule has 3 aromatic carbocycles. The molecule has 1 N–H and O–H groups in total. The van der Waals surface area contributed by atoms with Gasteiger partial charge in [-0.2, -0.15) is 0 Å². The minimum atomic E-state index is -0.973. The molecule has 7 heteroatoms. The first-order valence-corrected chi connectivity index (χ1v) is 10.3. The van der Waals surface area contributed by atoms with Crippen molar-refractivity contribution in [3.05, 3.63) is 86.9 Å². The normalized spacial score (nSPS) is 11.0. The predicted molar refractivity (Wildman–Crippen MR) is 124 cm³/mol. The Morgan fingerprint density at radius 2 is 1.81 bits per heavy atom. The van der Waals surface area contributed by atoms with E-state index in [-0.39, 0.29) is 12.2 Å². The van der Waals surface area contributed by atoms with Gasteiger partial charge in [-0.1, -0.05) is 41.4 Å². The van der Waals surface area contributed by atoms with Crippen LogP contribution >= 0.6 is 23.2 Å². The Kier molecular flexibility index (Phi) is 7.55. The van der Waals surface area contributed by atoms with Crippen molar-refractivity contribution in [2.24, 2.45) is 4.99 Å². The number of carboxylic acid groups (broad SMARTS) is 1. The molecule has 0 radical (unpaired) electrons. The van der Waals surface area contributed by atoms with Crippen LogP contribution in [0.5, 0.6) is 11.5 Å². The highest BCUT2D eigenvalue weighted by Gasteiger charge is 2.13. The number of rotatable bonds is 8. The van der Waals surface area contributed by atoms with Gasteiger partial charge in [0.1, 0.15) is 6.61 Å². The number of aromatic carboxylic acids is 1. The molecule has 0 aliphatic rings. The van der Waals surface area contributed by atoms with Crippen molar-refractivity contribution in [2.45, 2.75) is 20.5 Å². The van der Waals surface area contributed by atoms with Crippen LogP contribution in [0.3, 0.4) is 0 Å². The SMILES string of the molecule is CCOc1cc(C=Nc2cc(Cl)ccc2C)cc(Cl)c1OCc1ccc(C(=O)O)cc1. The lowest BCUT2D eigenvalue weighted by Crippen LogP contribution is -2.02. The highest BCUT2D eigenvalue weighted by molar-refractivity contribution is 6.32. The van der Waals surface area contributed by atoms with Crippen molar-refractivity contribution in [1.82, 2.24) is 0 Å². The van der Waals surface area contributed by atoms with Gasteiger partial charge in [-0.25, -0.2) is 4.79 Å². The number of hydrogen-bond donors (Lipinski definition) is 1. The Bertz CT molecular complexity index is 1110. The second-order valence-electron chi connectivity index (χ2n) is 6.74. The highest BCUT2D eigenvalue weighted by Crippen LogP contribution is 2.37. The summed E-state index contributed by atoms with van der Waals surface area (Å²) in [5.74, 6) is -0.0531. The number of carboxylic acids is 1. The van der Waals surface area contributed by atoms with E-state index in [4.69, 9.17) is 37.8 Å². The molecule has 3 rings (SSSR count). The number of carbonyl (C=O) groups is 1. The van der Waals surface area contributed by atoms with Crippen molar-refractivity contribution in [3.8, 4) is 11.5 Å². The maximum Gasteiger partial charge on any atom is 0.335 e. The quantitative estimate of drug-likeness (QED) is 0.380. The number of aryl methyl sites for hydroxylation is 1. The molecule has 0 amide bonds. The van der Waals surface area contributed by atoms with Gasteiger partial charge in [0.15, 0.2) is 11.5 Å². The maximum atomic E-state index is 11.0. The highest BCUT2D eigenvalue weighted by atomic mass is 35.5. The number of nitrogens with zero attached hydrogens (tertiary/aromatic N) is 1. The molecule has 0 heterocycles. The first-order valence-electron chi connectivity index (χ1n) is 9.59. The third kappa shape index (κ3) is 6.00. The van der Waals surface area contributed by atoms with E-state index in [0.717, 1.165) is 22.4 Å². The Morgan fingerprint density at radius 1 is 1.06 bits per heavy atom. The molecular formula is C24H21Cl2NO4. The summed E-state index contributed by atoms with van der Waals surface area (Å²) >= 11 is 12.5. The average molecular weight is 458 g/mol. The summed E-state index contributed by atoms with van der Waals surface area (Å²) in [4.78, 5) is 15.5. The van der Waals surface area contributed by atoms with Crippen LogP contribution in [0.25, 0.3) is 0 Å². The van der Waals surface area contributed by atoms with Crippen LogP contribution in [0.1, 0.15) is 34.0 Å². The molecule has 0 aliphatic heterocycles. The zero-order chi connectivity index (χ0) is 22.4. The molecule has 0 saturated heterocycles. The molecule has 0 aliphatic carbocycles. The van der Waals surface area contributed by atoms with Gasteiger partial charge in [-0.3, -0.25) is 4.99 Å². The lowest BCUT2D eigenvalue weighted by molar-refractivity contribution is 0.0697. The van der Waals surface area contributed by atoms with E-state index in [1.54, 1.807) is 30.5 Å². The van der Waals surface area contributed by atoms with Crippen LogP contribution in [0.4, 0.5) is 5.69 Å². The van der Waals surface area contributed by atoms with E-state index in [1.165, 1.54) is 12.1 Å². The van der Waals surface area contributed by atoms with Crippen molar-refractivity contribution >= 4 is 41.1 Å². The molecule has 0 spiro atoms. The van der Waals surface area contributed by atoms with Gasteiger partial charge >= 0.3 is 5.97 Å². The fourth-order valence-corrected chi connectivity index (χ4v) is 3.27. The van der Waals surface area contributed by atoms with Gasteiger partial charge in [-0.15, -0.1) is 0 Å². The molecule has 5 nitrogen and oxygen atoms in total. The standard InChI is InChI=1S/C24H21Cl2NO4/c1-3-30-22-11-17(13-27-21-12-19(25)9-4-15(21)2)10-20(26)23(22)31-14-16-5-7-18(8-6-16)24(28)29/h4-13H,3,14H2,1-2H3,(H,28,29). The van der Waals surface area contributed by atoms with E-state index in [0.29, 0.717) is 28.2 Å². The molecule has 3 aromatic rings. The fourth-order valence-electron chi connectivity index (χ4n) is 2.83. The number of halogens is 2. The summed E-state index contributed by atoms with van der Waals surface area (Å²) in [6, 6.07) is 15.5. The molecule has 0 saturated carbocycles. The van der Waals surface area contributed by atoms with Gasteiger partial charge in [0, 0.05) is 11.2 Å². The third-order valence-corrected chi connectivity index (χ3v) is 4.96. The predicted octanol–water partition coefficient (Wildman–Crippen LogP) is 6.73. The van der Waals surface area contributed by atoms with E-state index < -0.39 is 5.97 Å². The molecule has 0 fully saturated rings. The maximum absolute atomic E-state index is 11.0. The molecule has 160 valence electrons. The third-order valence-electron chi connectivity index (χ3n) is 4.44. The Labute approximate surface area is 190 Å². The largest absolute Gasteiger partial charge is 0.490 e. The van der Waals surface area contributed by atoms with E-state index >= 15 is 0 Å². The van der Waals surface area contributed by atoms with Crippen molar-refractivity contribution in [2.75, 3.05) is 6.61 Å². The van der Waals surface area contributed by atoms with Crippen LogP contribution in [-0.2, 0) is 6.61 Å². The zero-order valence-electron chi connectivity index (χ0n) is 17.1. The van der Waals surface area contributed by atoms with Crippen LogP contribution in [0.15, 0.2) is 59.6 Å². The Morgan fingerprint density at radius 3 is 2.48 bits per heavy atom. The van der Waals surface area contributed by atoms with Gasteiger partial charge in [0.25, 0.3) is 0 Å². The van der Waals surface area contributed by atoms with Crippen LogP contribution in [0.2, 0.25) is 10.0 Å². The Balaban J connectivity index is 1.82.